The first-order chi connectivity index (χ1) is 8.24. The third-order valence-corrected chi connectivity index (χ3v) is 3.66. The summed E-state index contributed by atoms with van der Waals surface area (Å²) in [4.78, 5) is 2.34. The number of rotatable bonds is 1. The largest absolute Gasteiger partial charge is 0.306 e. The first kappa shape index (κ1) is 10.7. The van der Waals surface area contributed by atoms with Crippen LogP contribution in [0.2, 0.25) is 0 Å². The zero-order chi connectivity index (χ0) is 11.8. The summed E-state index contributed by atoms with van der Waals surface area (Å²) in [5, 5.41) is 8.38. The van der Waals surface area contributed by atoms with Gasteiger partial charge in [-0.3, -0.25) is 5.10 Å². The summed E-state index contributed by atoms with van der Waals surface area (Å²) >= 11 is 0. The van der Waals surface area contributed by atoms with E-state index >= 15 is 0 Å². The van der Waals surface area contributed by atoms with E-state index in [2.05, 4.69) is 22.1 Å². The lowest BCUT2D eigenvalue weighted by atomic mass is 9.92. The third kappa shape index (κ3) is 1.93. The maximum absolute atomic E-state index is 13.1. The van der Waals surface area contributed by atoms with Crippen LogP contribution < -0.4 is 0 Å². The van der Waals surface area contributed by atoms with Crippen molar-refractivity contribution in [1.29, 1.82) is 0 Å². The number of likely N-dealkylation sites (tertiary alicyclic amines) is 1. The van der Waals surface area contributed by atoms with E-state index in [-0.39, 0.29) is 5.82 Å². The van der Waals surface area contributed by atoms with Crippen molar-refractivity contribution < 1.29 is 4.39 Å². The number of nitrogens with one attached hydrogen (secondary N) is 1. The standard InChI is InChI=1S/C13H16FN3/c1-17-6-4-9(5-7-17)13-11-3-2-10(14)8-12(11)15-16-13/h2-3,8-9H,4-7H2,1H3,(H,15,16). The molecule has 0 radical (unpaired) electrons. The highest BCUT2D eigenvalue weighted by molar-refractivity contribution is 5.81. The van der Waals surface area contributed by atoms with Gasteiger partial charge in [0.05, 0.1) is 11.2 Å². The Kier molecular flexibility index (Phi) is 2.59. The molecule has 2 aromatic rings. The predicted octanol–water partition coefficient (Wildman–Crippen LogP) is 2.51. The first-order valence-electron chi connectivity index (χ1n) is 6.06. The summed E-state index contributed by atoms with van der Waals surface area (Å²) in [7, 11) is 2.15. The average Bonchev–Trinajstić information content (AvgIpc) is 2.73. The lowest BCUT2D eigenvalue weighted by molar-refractivity contribution is 0.254. The van der Waals surface area contributed by atoms with Crippen molar-refractivity contribution in [2.45, 2.75) is 18.8 Å². The average molecular weight is 233 g/mol. The van der Waals surface area contributed by atoms with Crippen LogP contribution in [0.3, 0.4) is 0 Å². The van der Waals surface area contributed by atoms with Gasteiger partial charge in [-0.2, -0.15) is 5.10 Å². The summed E-state index contributed by atoms with van der Waals surface area (Å²) in [6, 6.07) is 4.86. The Morgan fingerprint density at radius 3 is 2.88 bits per heavy atom. The lowest BCUT2D eigenvalue weighted by Crippen LogP contribution is -2.29. The number of benzene rings is 1. The second kappa shape index (κ2) is 4.11. The van der Waals surface area contributed by atoms with E-state index < -0.39 is 0 Å². The topological polar surface area (TPSA) is 31.9 Å². The van der Waals surface area contributed by atoms with Gasteiger partial charge in [0.2, 0.25) is 0 Å². The molecule has 1 aliphatic heterocycles. The number of hydrogen-bond donors (Lipinski definition) is 1. The lowest BCUT2D eigenvalue weighted by Gasteiger charge is -2.27. The van der Waals surface area contributed by atoms with Gasteiger partial charge in [-0.25, -0.2) is 4.39 Å². The Morgan fingerprint density at radius 2 is 2.12 bits per heavy atom. The fraction of sp³-hybridized carbons (Fsp3) is 0.462. The molecule has 0 unspecified atom stereocenters. The van der Waals surface area contributed by atoms with E-state index in [1.807, 2.05) is 6.07 Å². The van der Waals surface area contributed by atoms with Crippen molar-refractivity contribution >= 4 is 10.9 Å². The van der Waals surface area contributed by atoms with Gasteiger partial charge in [-0.15, -0.1) is 0 Å². The smallest absolute Gasteiger partial charge is 0.125 e. The van der Waals surface area contributed by atoms with Gasteiger partial charge in [0.1, 0.15) is 5.82 Å². The van der Waals surface area contributed by atoms with Crippen LogP contribution in [-0.4, -0.2) is 35.2 Å². The predicted molar refractivity (Wildman–Crippen MR) is 65.5 cm³/mol. The van der Waals surface area contributed by atoms with Crippen LogP contribution in [0.4, 0.5) is 4.39 Å². The number of hydrogen-bond acceptors (Lipinski definition) is 2. The van der Waals surface area contributed by atoms with Gasteiger partial charge in [0, 0.05) is 11.3 Å². The second-order valence-corrected chi connectivity index (χ2v) is 4.88. The highest BCUT2D eigenvalue weighted by Crippen LogP contribution is 2.31. The minimum Gasteiger partial charge on any atom is -0.306 e. The molecule has 1 N–H and O–H groups in total. The van der Waals surface area contributed by atoms with Crippen LogP contribution in [0.1, 0.15) is 24.5 Å². The number of H-pyrrole nitrogens is 1. The van der Waals surface area contributed by atoms with Crippen LogP contribution >= 0.6 is 0 Å². The molecule has 3 rings (SSSR count). The van der Waals surface area contributed by atoms with Crippen molar-refractivity contribution in [2.75, 3.05) is 20.1 Å². The van der Waals surface area contributed by atoms with E-state index in [1.54, 1.807) is 0 Å². The highest BCUT2D eigenvalue weighted by Gasteiger charge is 2.22. The molecule has 17 heavy (non-hydrogen) atoms. The quantitative estimate of drug-likeness (QED) is 0.820. The number of halogens is 1. The molecular weight excluding hydrogens is 217 g/mol. The minimum atomic E-state index is -0.212. The van der Waals surface area contributed by atoms with Crippen molar-refractivity contribution in [3.8, 4) is 0 Å². The van der Waals surface area contributed by atoms with E-state index in [1.165, 1.54) is 12.1 Å². The molecule has 4 heteroatoms. The van der Waals surface area contributed by atoms with Gasteiger partial charge in [0.25, 0.3) is 0 Å². The highest BCUT2D eigenvalue weighted by atomic mass is 19.1. The summed E-state index contributed by atoms with van der Waals surface area (Å²) in [5.41, 5.74) is 1.91. The molecular formula is C13H16FN3. The van der Waals surface area contributed by atoms with Crippen LogP contribution in [0.5, 0.6) is 0 Å². The van der Waals surface area contributed by atoms with Gasteiger partial charge in [0.15, 0.2) is 0 Å². The molecule has 90 valence electrons. The monoisotopic (exact) mass is 233 g/mol. The van der Waals surface area contributed by atoms with Gasteiger partial charge in [-0.05, 0) is 51.2 Å². The molecule has 1 saturated heterocycles. The maximum atomic E-state index is 13.1. The maximum Gasteiger partial charge on any atom is 0.125 e. The molecule has 0 bridgehead atoms. The Balaban J connectivity index is 1.95. The Morgan fingerprint density at radius 1 is 1.35 bits per heavy atom. The molecule has 1 aliphatic rings. The van der Waals surface area contributed by atoms with E-state index in [0.717, 1.165) is 42.5 Å². The molecule has 1 aromatic heterocycles. The number of nitrogens with zero attached hydrogens (tertiary/aromatic N) is 2. The molecule has 3 nitrogen and oxygen atoms in total. The Hall–Kier alpha value is -1.42. The molecule has 0 amide bonds. The summed E-state index contributed by atoms with van der Waals surface area (Å²) in [6.07, 6.45) is 2.27. The van der Waals surface area contributed by atoms with E-state index in [9.17, 15) is 4.39 Å². The van der Waals surface area contributed by atoms with Gasteiger partial charge >= 0.3 is 0 Å². The van der Waals surface area contributed by atoms with Crippen molar-refractivity contribution in [3.63, 3.8) is 0 Å². The SMILES string of the molecule is CN1CCC(c2n[nH]c3cc(F)ccc23)CC1. The summed E-state index contributed by atoms with van der Waals surface area (Å²) < 4.78 is 13.1. The third-order valence-electron chi connectivity index (χ3n) is 3.66. The fourth-order valence-electron chi connectivity index (χ4n) is 2.61. The first-order valence-corrected chi connectivity index (χ1v) is 6.06. The van der Waals surface area contributed by atoms with Crippen molar-refractivity contribution in [1.82, 2.24) is 15.1 Å². The Bertz CT molecular complexity index is 526. The molecule has 1 aromatic carbocycles. The number of aromatic nitrogens is 2. The summed E-state index contributed by atoms with van der Waals surface area (Å²) in [6.45, 7) is 2.22. The normalized spacial score (nSPS) is 18.9. The molecule has 0 saturated carbocycles. The molecule has 0 atom stereocenters. The van der Waals surface area contributed by atoms with Crippen molar-refractivity contribution in [2.24, 2.45) is 0 Å². The molecule has 1 fully saturated rings. The zero-order valence-corrected chi connectivity index (χ0v) is 9.91. The van der Waals surface area contributed by atoms with Crippen molar-refractivity contribution in [3.05, 3.63) is 29.7 Å². The van der Waals surface area contributed by atoms with Gasteiger partial charge < -0.3 is 4.90 Å². The molecule has 0 aliphatic carbocycles. The second-order valence-electron chi connectivity index (χ2n) is 4.88. The van der Waals surface area contributed by atoms with Crippen LogP contribution in [0.25, 0.3) is 10.9 Å². The van der Waals surface area contributed by atoms with Crippen LogP contribution in [-0.2, 0) is 0 Å². The zero-order valence-electron chi connectivity index (χ0n) is 9.91. The molecule has 2 heterocycles. The van der Waals surface area contributed by atoms with Crippen LogP contribution in [0.15, 0.2) is 18.2 Å². The number of fused-ring (bicyclic) bond motifs is 1. The van der Waals surface area contributed by atoms with E-state index in [0.29, 0.717) is 5.92 Å². The van der Waals surface area contributed by atoms with E-state index in [4.69, 9.17) is 0 Å². The molecule has 0 spiro atoms. The van der Waals surface area contributed by atoms with Crippen LogP contribution in [0, 0.1) is 5.82 Å². The number of aromatic amines is 1. The number of piperidine rings is 1. The minimum absolute atomic E-state index is 0.212. The fourth-order valence-corrected chi connectivity index (χ4v) is 2.61. The summed E-state index contributed by atoms with van der Waals surface area (Å²) in [5.74, 6) is 0.293. The van der Waals surface area contributed by atoms with Gasteiger partial charge in [-0.1, -0.05) is 0 Å². The Labute approximate surface area is 99.6 Å².